The van der Waals surface area contributed by atoms with Crippen LogP contribution in [0.2, 0.25) is 0 Å². The predicted octanol–water partition coefficient (Wildman–Crippen LogP) is 2.47. The highest BCUT2D eigenvalue weighted by Gasteiger charge is 2.08. The molecule has 92 valence electrons. The van der Waals surface area contributed by atoms with Crippen molar-refractivity contribution in [2.24, 2.45) is 0 Å². The van der Waals surface area contributed by atoms with Crippen LogP contribution in [0.4, 0.5) is 0 Å². The van der Waals surface area contributed by atoms with Gasteiger partial charge in [-0.05, 0) is 31.3 Å². The van der Waals surface area contributed by atoms with Crippen LogP contribution < -0.4 is 10.1 Å². The lowest BCUT2D eigenvalue weighted by atomic mass is 10.2. The Hall–Kier alpha value is -2.20. The Morgan fingerprint density at radius 1 is 1.22 bits per heavy atom. The summed E-state index contributed by atoms with van der Waals surface area (Å²) in [5.74, 6) is 0.702. The number of rotatable bonds is 5. The summed E-state index contributed by atoms with van der Waals surface area (Å²) in [6, 6.07) is 5.66. The first-order valence-corrected chi connectivity index (χ1v) is 5.63. The zero-order chi connectivity index (χ0) is 13.0. The van der Waals surface area contributed by atoms with E-state index in [9.17, 15) is 0 Å². The second-order valence-electron chi connectivity index (χ2n) is 3.67. The van der Waals surface area contributed by atoms with Crippen molar-refractivity contribution < 1.29 is 4.74 Å². The summed E-state index contributed by atoms with van der Waals surface area (Å²) < 4.78 is 5.57. The van der Waals surface area contributed by atoms with Crippen molar-refractivity contribution in [3.63, 3.8) is 0 Å². The minimum atomic E-state index is 0.424. The maximum Gasteiger partial charge on any atom is 0.149 e. The van der Waals surface area contributed by atoms with Gasteiger partial charge in [-0.25, -0.2) is 9.97 Å². The quantitative estimate of drug-likeness (QED) is 0.817. The van der Waals surface area contributed by atoms with Gasteiger partial charge in [0.25, 0.3) is 0 Å². The number of ether oxygens (including phenoxy) is 1. The Balaban J connectivity index is 2.61. The first kappa shape index (κ1) is 12.3. The summed E-state index contributed by atoms with van der Waals surface area (Å²) in [6.45, 7) is 7.89. The maximum absolute atomic E-state index is 5.57. The van der Waals surface area contributed by atoms with Crippen LogP contribution in [0.3, 0.4) is 0 Å². The average Bonchev–Trinajstić information content (AvgIpc) is 2.43. The highest BCUT2D eigenvalue weighted by Crippen LogP contribution is 2.24. The van der Waals surface area contributed by atoms with E-state index in [4.69, 9.17) is 4.74 Å². The standard InChI is InChI=1S/C14H15N3O/c1-4-10-11(5-2)17-14-12(16-10)7-6-8-13(14)18-9-15-3/h4-8,15H,1-2,9H2,3H3. The van der Waals surface area contributed by atoms with Crippen molar-refractivity contribution in [1.82, 2.24) is 15.3 Å². The molecule has 1 aromatic carbocycles. The van der Waals surface area contributed by atoms with Gasteiger partial charge in [-0.15, -0.1) is 0 Å². The van der Waals surface area contributed by atoms with Gasteiger partial charge in [-0.1, -0.05) is 19.2 Å². The van der Waals surface area contributed by atoms with Crippen LogP contribution in [-0.4, -0.2) is 23.7 Å². The van der Waals surface area contributed by atoms with E-state index in [1.54, 1.807) is 12.2 Å². The molecule has 1 N–H and O–H groups in total. The number of para-hydroxylation sites is 1. The fraction of sp³-hybridized carbons (Fsp3) is 0.143. The predicted molar refractivity (Wildman–Crippen MR) is 74.3 cm³/mol. The second kappa shape index (κ2) is 5.42. The molecule has 0 fully saturated rings. The molecule has 0 aliphatic heterocycles. The van der Waals surface area contributed by atoms with Gasteiger partial charge in [-0.2, -0.15) is 0 Å². The van der Waals surface area contributed by atoms with Crippen LogP contribution in [-0.2, 0) is 0 Å². The maximum atomic E-state index is 5.57. The summed E-state index contributed by atoms with van der Waals surface area (Å²) >= 11 is 0. The largest absolute Gasteiger partial charge is 0.476 e. The molecule has 1 heterocycles. The minimum Gasteiger partial charge on any atom is -0.476 e. The number of benzene rings is 1. The molecule has 2 aromatic rings. The van der Waals surface area contributed by atoms with Crippen molar-refractivity contribution in [2.75, 3.05) is 13.8 Å². The number of fused-ring (bicyclic) bond motifs is 1. The third-order valence-electron chi connectivity index (χ3n) is 2.47. The highest BCUT2D eigenvalue weighted by molar-refractivity contribution is 5.83. The first-order valence-electron chi connectivity index (χ1n) is 5.63. The Bertz CT molecular complexity index is 593. The number of nitrogens with one attached hydrogen (secondary N) is 1. The van der Waals surface area contributed by atoms with Gasteiger partial charge in [0.1, 0.15) is 18.0 Å². The molecule has 4 heteroatoms. The van der Waals surface area contributed by atoms with E-state index >= 15 is 0 Å². The van der Waals surface area contributed by atoms with E-state index in [0.29, 0.717) is 18.2 Å². The lowest BCUT2D eigenvalue weighted by Crippen LogP contribution is -2.14. The molecule has 0 bridgehead atoms. The van der Waals surface area contributed by atoms with Crippen molar-refractivity contribution in [1.29, 1.82) is 0 Å². The molecule has 0 aliphatic carbocycles. The molecular formula is C14H15N3O. The van der Waals surface area contributed by atoms with Crippen LogP contribution in [0.1, 0.15) is 11.4 Å². The smallest absolute Gasteiger partial charge is 0.149 e. The molecule has 0 unspecified atom stereocenters. The normalized spacial score (nSPS) is 10.3. The lowest BCUT2D eigenvalue weighted by Gasteiger charge is -2.09. The van der Waals surface area contributed by atoms with E-state index in [1.807, 2.05) is 25.2 Å². The zero-order valence-electron chi connectivity index (χ0n) is 10.3. The molecule has 0 spiro atoms. The molecule has 0 saturated heterocycles. The number of aromatic nitrogens is 2. The van der Waals surface area contributed by atoms with Crippen molar-refractivity contribution >= 4 is 23.2 Å². The topological polar surface area (TPSA) is 47.0 Å². The number of hydrogen-bond acceptors (Lipinski definition) is 4. The summed E-state index contributed by atoms with van der Waals surface area (Å²) in [7, 11) is 1.82. The minimum absolute atomic E-state index is 0.424. The fourth-order valence-corrected chi connectivity index (χ4v) is 1.64. The molecule has 0 aliphatic rings. The van der Waals surface area contributed by atoms with Crippen LogP contribution in [0.15, 0.2) is 31.4 Å². The Labute approximate surface area is 106 Å². The van der Waals surface area contributed by atoms with Gasteiger partial charge in [0.2, 0.25) is 0 Å². The lowest BCUT2D eigenvalue weighted by molar-refractivity contribution is 0.299. The highest BCUT2D eigenvalue weighted by atomic mass is 16.5. The third kappa shape index (κ3) is 2.24. The molecular weight excluding hydrogens is 226 g/mol. The van der Waals surface area contributed by atoms with Gasteiger partial charge in [0.15, 0.2) is 0 Å². The van der Waals surface area contributed by atoms with Gasteiger partial charge in [-0.3, -0.25) is 5.32 Å². The van der Waals surface area contributed by atoms with Crippen molar-refractivity contribution in [3.05, 3.63) is 42.7 Å². The third-order valence-corrected chi connectivity index (χ3v) is 2.47. The van der Waals surface area contributed by atoms with E-state index in [2.05, 4.69) is 28.4 Å². The van der Waals surface area contributed by atoms with E-state index in [0.717, 1.165) is 16.7 Å². The Morgan fingerprint density at radius 3 is 2.61 bits per heavy atom. The van der Waals surface area contributed by atoms with Crippen LogP contribution in [0, 0.1) is 0 Å². The SMILES string of the molecule is C=Cc1nc2cccc(OCNC)c2nc1C=C. The Morgan fingerprint density at radius 2 is 1.94 bits per heavy atom. The van der Waals surface area contributed by atoms with Crippen LogP contribution in [0.5, 0.6) is 5.75 Å². The molecule has 4 nitrogen and oxygen atoms in total. The van der Waals surface area contributed by atoms with Gasteiger partial charge in [0.05, 0.1) is 16.9 Å². The molecule has 1 aromatic heterocycles. The van der Waals surface area contributed by atoms with Crippen LogP contribution in [0.25, 0.3) is 23.2 Å². The molecule has 0 atom stereocenters. The second-order valence-corrected chi connectivity index (χ2v) is 3.67. The van der Waals surface area contributed by atoms with E-state index < -0.39 is 0 Å². The fourth-order valence-electron chi connectivity index (χ4n) is 1.64. The molecule has 0 amide bonds. The zero-order valence-corrected chi connectivity index (χ0v) is 10.3. The monoisotopic (exact) mass is 241 g/mol. The Kier molecular flexibility index (Phi) is 3.69. The molecule has 2 rings (SSSR count). The average molecular weight is 241 g/mol. The molecule has 0 saturated carbocycles. The first-order chi connectivity index (χ1) is 8.80. The van der Waals surface area contributed by atoms with E-state index in [-0.39, 0.29) is 0 Å². The molecule has 0 radical (unpaired) electrons. The summed E-state index contributed by atoms with van der Waals surface area (Å²) in [5.41, 5.74) is 2.94. The van der Waals surface area contributed by atoms with Gasteiger partial charge >= 0.3 is 0 Å². The summed E-state index contributed by atoms with van der Waals surface area (Å²) in [5, 5.41) is 2.93. The van der Waals surface area contributed by atoms with Gasteiger partial charge < -0.3 is 4.74 Å². The number of hydrogen-bond donors (Lipinski definition) is 1. The summed E-state index contributed by atoms with van der Waals surface area (Å²) in [6.07, 6.45) is 3.34. The van der Waals surface area contributed by atoms with Crippen molar-refractivity contribution in [2.45, 2.75) is 0 Å². The summed E-state index contributed by atoms with van der Waals surface area (Å²) in [4.78, 5) is 8.99. The van der Waals surface area contributed by atoms with E-state index in [1.165, 1.54) is 0 Å². The molecule has 18 heavy (non-hydrogen) atoms. The van der Waals surface area contributed by atoms with Crippen LogP contribution >= 0.6 is 0 Å². The van der Waals surface area contributed by atoms with Gasteiger partial charge in [0, 0.05) is 0 Å². The number of nitrogens with zero attached hydrogens (tertiary/aromatic N) is 2. The van der Waals surface area contributed by atoms with Crippen molar-refractivity contribution in [3.8, 4) is 5.75 Å².